The minimum absolute atomic E-state index is 0.0644. The number of rotatable bonds is 21. The molecule has 0 aliphatic heterocycles. The van der Waals surface area contributed by atoms with E-state index in [-0.39, 0.29) is 24.3 Å². The average molecular weight is 693 g/mol. The molecule has 0 aromatic heterocycles. The molecule has 0 saturated heterocycles. The summed E-state index contributed by atoms with van der Waals surface area (Å²) in [6, 6.07) is 13.2. The van der Waals surface area contributed by atoms with Crippen LogP contribution in [0.25, 0.3) is 11.1 Å². The first-order valence-electron chi connectivity index (χ1n) is 16.8. The van der Waals surface area contributed by atoms with Gasteiger partial charge in [-0.25, -0.2) is 18.4 Å². The third kappa shape index (κ3) is 13.4. The Balaban J connectivity index is 1.50. The number of unbranched alkanes of at least 4 members (excludes halogenated alkanes) is 9. The van der Waals surface area contributed by atoms with Gasteiger partial charge in [-0.15, -0.1) is 0 Å². The summed E-state index contributed by atoms with van der Waals surface area (Å²) in [5.74, 6) is -4.29. The predicted molar refractivity (Wildman–Crippen MR) is 177 cm³/mol. The molecule has 11 heteroatoms. The van der Waals surface area contributed by atoms with Gasteiger partial charge in [0, 0.05) is 13.7 Å². The molecular weight excluding hydrogens is 647 g/mol. The van der Waals surface area contributed by atoms with Crippen LogP contribution >= 0.6 is 0 Å². The first kappa shape index (κ1) is 39.4. The quantitative estimate of drug-likeness (QED) is 0.0479. The zero-order valence-electron chi connectivity index (χ0n) is 28.1. The number of hydrogen-bond donors (Lipinski definition) is 0. The molecule has 0 fully saturated rings. The van der Waals surface area contributed by atoms with Gasteiger partial charge in [-0.3, -0.25) is 0 Å². The minimum Gasteiger partial charge on any atom is -0.491 e. The molecule has 3 aromatic carbocycles. The van der Waals surface area contributed by atoms with Crippen LogP contribution < -0.4 is 9.47 Å². The standard InChI is InChI=1S/C38H45F5O6/c1-3-4-5-6-7-8-9-10-12-24-47-33-21-19-29(25-31(33)39)27-15-17-28(18-16-27)36(44)48-34-22-20-30(26-32(34)40)37(45)49-35(38(41,42)43)14-11-13-23-46-2/h15-22,25-26,35H,3-14,23-24H2,1-2H3. The van der Waals surface area contributed by atoms with Crippen LogP contribution in [0.1, 0.15) is 105 Å². The van der Waals surface area contributed by atoms with Crippen LogP contribution in [0.4, 0.5) is 22.0 Å². The second kappa shape index (κ2) is 20.5. The molecule has 49 heavy (non-hydrogen) atoms. The van der Waals surface area contributed by atoms with Gasteiger partial charge in [0.1, 0.15) is 0 Å². The second-order valence-electron chi connectivity index (χ2n) is 11.9. The van der Waals surface area contributed by atoms with E-state index >= 15 is 0 Å². The Morgan fingerprint density at radius 2 is 1.22 bits per heavy atom. The van der Waals surface area contributed by atoms with Crippen LogP contribution in [-0.4, -0.2) is 44.5 Å². The summed E-state index contributed by atoms with van der Waals surface area (Å²) < 4.78 is 89.7. The van der Waals surface area contributed by atoms with Gasteiger partial charge in [0.2, 0.25) is 0 Å². The second-order valence-corrected chi connectivity index (χ2v) is 11.9. The van der Waals surface area contributed by atoms with E-state index in [1.807, 2.05) is 0 Å². The number of carbonyl (C=O) groups is 2. The highest BCUT2D eigenvalue weighted by atomic mass is 19.4. The van der Waals surface area contributed by atoms with Gasteiger partial charge in [-0.1, -0.05) is 76.5 Å². The molecule has 0 saturated carbocycles. The van der Waals surface area contributed by atoms with Crippen molar-refractivity contribution in [1.29, 1.82) is 0 Å². The summed E-state index contributed by atoms with van der Waals surface area (Å²) in [6.45, 7) is 2.90. The summed E-state index contributed by atoms with van der Waals surface area (Å²) in [4.78, 5) is 25.0. The first-order valence-corrected chi connectivity index (χ1v) is 16.8. The molecule has 0 aliphatic rings. The van der Waals surface area contributed by atoms with Gasteiger partial charge in [-0.05, 0) is 79.3 Å². The molecule has 3 aromatic rings. The van der Waals surface area contributed by atoms with Gasteiger partial charge in [0.15, 0.2) is 29.2 Å². The third-order valence-corrected chi connectivity index (χ3v) is 7.94. The maximum absolute atomic E-state index is 14.8. The maximum Gasteiger partial charge on any atom is 0.425 e. The van der Waals surface area contributed by atoms with Crippen molar-refractivity contribution in [3.8, 4) is 22.6 Å². The van der Waals surface area contributed by atoms with E-state index < -0.39 is 53.6 Å². The molecule has 268 valence electrons. The topological polar surface area (TPSA) is 71.1 Å². The number of ether oxygens (including phenoxy) is 4. The zero-order valence-corrected chi connectivity index (χ0v) is 28.1. The Hall–Kier alpha value is -3.99. The monoisotopic (exact) mass is 692 g/mol. The summed E-state index contributed by atoms with van der Waals surface area (Å²) in [5.41, 5.74) is 0.768. The Morgan fingerprint density at radius 1 is 0.653 bits per heavy atom. The SMILES string of the molecule is CCCCCCCCCCCOc1ccc(-c2ccc(C(=O)Oc3ccc(C(=O)OC(CCCCOC)C(F)(F)F)cc3F)cc2)cc1F. The highest BCUT2D eigenvalue weighted by Gasteiger charge is 2.42. The number of halogens is 5. The van der Waals surface area contributed by atoms with E-state index in [1.165, 1.54) is 63.8 Å². The first-order chi connectivity index (χ1) is 23.5. The van der Waals surface area contributed by atoms with Crippen LogP contribution in [-0.2, 0) is 9.47 Å². The van der Waals surface area contributed by atoms with E-state index in [0.717, 1.165) is 31.4 Å². The number of carbonyl (C=O) groups excluding carboxylic acids is 2. The van der Waals surface area contributed by atoms with E-state index in [9.17, 15) is 31.5 Å². The van der Waals surface area contributed by atoms with Gasteiger partial charge >= 0.3 is 18.1 Å². The Bertz CT molecular complexity index is 1460. The summed E-state index contributed by atoms with van der Waals surface area (Å²) in [5, 5.41) is 0. The lowest BCUT2D eigenvalue weighted by Gasteiger charge is -2.20. The molecule has 0 heterocycles. The molecule has 6 nitrogen and oxygen atoms in total. The average Bonchev–Trinajstić information content (AvgIpc) is 3.08. The van der Waals surface area contributed by atoms with E-state index in [0.29, 0.717) is 30.2 Å². The number of methoxy groups -OCH3 is 1. The summed E-state index contributed by atoms with van der Waals surface area (Å²) in [7, 11) is 1.42. The molecule has 3 rings (SSSR count). The van der Waals surface area contributed by atoms with Gasteiger partial charge in [0.05, 0.1) is 17.7 Å². The maximum atomic E-state index is 14.8. The van der Waals surface area contributed by atoms with Gasteiger partial charge in [-0.2, -0.15) is 13.2 Å². The fourth-order valence-corrected chi connectivity index (χ4v) is 5.12. The fraction of sp³-hybridized carbons (Fsp3) is 0.474. The number of alkyl halides is 3. The molecule has 0 aliphatic carbocycles. The zero-order chi connectivity index (χ0) is 35.6. The van der Waals surface area contributed by atoms with Crippen molar-refractivity contribution in [2.45, 2.75) is 96.3 Å². The lowest BCUT2D eigenvalue weighted by atomic mass is 10.0. The number of esters is 2. The van der Waals surface area contributed by atoms with Crippen molar-refractivity contribution in [3.63, 3.8) is 0 Å². The van der Waals surface area contributed by atoms with Crippen molar-refractivity contribution in [2.24, 2.45) is 0 Å². The van der Waals surface area contributed by atoms with Crippen molar-refractivity contribution in [3.05, 3.63) is 83.4 Å². The lowest BCUT2D eigenvalue weighted by Crippen LogP contribution is -2.34. The highest BCUT2D eigenvalue weighted by Crippen LogP contribution is 2.29. The van der Waals surface area contributed by atoms with Gasteiger partial charge in [0.25, 0.3) is 0 Å². The molecule has 0 N–H and O–H groups in total. The smallest absolute Gasteiger partial charge is 0.425 e. The molecule has 0 spiro atoms. The predicted octanol–water partition coefficient (Wildman–Crippen LogP) is 10.7. The molecule has 0 radical (unpaired) electrons. The number of hydrogen-bond acceptors (Lipinski definition) is 6. The van der Waals surface area contributed by atoms with Gasteiger partial charge < -0.3 is 18.9 Å². The van der Waals surface area contributed by atoms with Crippen LogP contribution in [0.2, 0.25) is 0 Å². The fourth-order valence-electron chi connectivity index (χ4n) is 5.12. The van der Waals surface area contributed by atoms with Crippen molar-refractivity contribution in [2.75, 3.05) is 20.3 Å². The molecule has 0 amide bonds. The van der Waals surface area contributed by atoms with Crippen LogP contribution in [0.15, 0.2) is 60.7 Å². The van der Waals surface area contributed by atoms with Crippen LogP contribution in [0.3, 0.4) is 0 Å². The largest absolute Gasteiger partial charge is 0.491 e. The summed E-state index contributed by atoms with van der Waals surface area (Å²) in [6.07, 6.45) is 3.42. The van der Waals surface area contributed by atoms with E-state index in [1.54, 1.807) is 24.3 Å². The normalized spacial score (nSPS) is 12.1. The van der Waals surface area contributed by atoms with Crippen LogP contribution in [0, 0.1) is 11.6 Å². The minimum atomic E-state index is -4.80. The van der Waals surface area contributed by atoms with Crippen LogP contribution in [0.5, 0.6) is 11.5 Å². The van der Waals surface area contributed by atoms with Crippen molar-refractivity contribution >= 4 is 11.9 Å². The summed E-state index contributed by atoms with van der Waals surface area (Å²) >= 11 is 0. The Kier molecular flexibility index (Phi) is 16.5. The van der Waals surface area contributed by atoms with Crippen molar-refractivity contribution in [1.82, 2.24) is 0 Å². The highest BCUT2D eigenvalue weighted by molar-refractivity contribution is 5.92. The Labute approximate surface area is 284 Å². The Morgan fingerprint density at radius 3 is 1.84 bits per heavy atom. The molecule has 1 unspecified atom stereocenters. The van der Waals surface area contributed by atoms with E-state index in [4.69, 9.17) is 14.2 Å². The van der Waals surface area contributed by atoms with E-state index in [2.05, 4.69) is 11.7 Å². The van der Waals surface area contributed by atoms with Crippen molar-refractivity contribution < 1.29 is 50.5 Å². The molecular formula is C38H45F5O6. The molecule has 1 atom stereocenters. The lowest BCUT2D eigenvalue weighted by molar-refractivity contribution is -0.206. The third-order valence-electron chi connectivity index (χ3n) is 7.94. The number of benzene rings is 3. The molecule has 0 bridgehead atoms.